The lowest BCUT2D eigenvalue weighted by atomic mass is 9.82. The van der Waals surface area contributed by atoms with Gasteiger partial charge in [0, 0.05) is 43.7 Å². The molecule has 9 aromatic rings. The van der Waals surface area contributed by atoms with Crippen LogP contribution in [0.2, 0.25) is 0 Å². The Morgan fingerprint density at radius 3 is 2.06 bits per heavy atom. The third-order valence-electron chi connectivity index (χ3n) is 10.2. The molecule has 0 N–H and O–H groups in total. The van der Waals surface area contributed by atoms with Crippen LogP contribution >= 0.6 is 0 Å². The summed E-state index contributed by atoms with van der Waals surface area (Å²) < 4.78 is 2.00. The van der Waals surface area contributed by atoms with Crippen LogP contribution in [0.3, 0.4) is 0 Å². The van der Waals surface area contributed by atoms with Crippen LogP contribution in [0, 0.1) is 0 Å². The molecule has 0 radical (unpaired) electrons. The minimum Gasteiger partial charge on any atom is -0.247 e. The summed E-state index contributed by atoms with van der Waals surface area (Å²) in [6, 6.07) is 51.5. The highest BCUT2D eigenvalue weighted by molar-refractivity contribution is 6.19. The lowest BCUT2D eigenvalue weighted by Gasteiger charge is -2.22. The molecule has 3 heterocycles. The Balaban J connectivity index is 1.24. The molecule has 10 rings (SSSR count). The van der Waals surface area contributed by atoms with E-state index in [4.69, 9.17) is 15.1 Å². The van der Waals surface area contributed by atoms with Crippen molar-refractivity contribution in [2.75, 3.05) is 0 Å². The summed E-state index contributed by atoms with van der Waals surface area (Å²) in [7, 11) is 0. The van der Waals surface area contributed by atoms with Gasteiger partial charge in [0.05, 0.1) is 27.9 Å². The summed E-state index contributed by atoms with van der Waals surface area (Å²) >= 11 is 0. The Bertz CT molecular complexity index is 2760. The van der Waals surface area contributed by atoms with Crippen LogP contribution in [-0.2, 0) is 5.41 Å². The molecule has 1 aliphatic rings. The number of pyridine rings is 1. The molecule has 4 nitrogen and oxygen atoms in total. The van der Waals surface area contributed by atoms with E-state index in [0.717, 1.165) is 61.2 Å². The van der Waals surface area contributed by atoms with Crippen LogP contribution in [0.4, 0.5) is 0 Å². The molecular weight excluding hydrogens is 585 g/mol. The molecule has 6 aromatic carbocycles. The molecule has 4 heteroatoms. The summed E-state index contributed by atoms with van der Waals surface area (Å²) in [5, 5.41) is 9.79. The zero-order valence-electron chi connectivity index (χ0n) is 26.6. The minimum atomic E-state index is -0.0833. The van der Waals surface area contributed by atoms with Gasteiger partial charge in [0.1, 0.15) is 0 Å². The topological polar surface area (TPSA) is 43.1 Å². The van der Waals surface area contributed by atoms with E-state index in [1.165, 1.54) is 33.0 Å². The Labute approximate surface area is 278 Å². The summed E-state index contributed by atoms with van der Waals surface area (Å²) in [5.41, 5.74) is 13.3. The van der Waals surface area contributed by atoms with E-state index in [9.17, 15) is 0 Å². The highest BCUT2D eigenvalue weighted by Crippen LogP contribution is 2.53. The number of hydrogen-bond acceptors (Lipinski definition) is 3. The summed E-state index contributed by atoms with van der Waals surface area (Å²) in [6.45, 7) is 4.68. The molecule has 0 bridgehead atoms. The lowest BCUT2D eigenvalue weighted by molar-refractivity contribution is 0.661. The SMILES string of the molecule is CC1(C)c2ccccc2-c2c1ccc1c(-c3cccc(-c4nc5ccccc5c5cc(-c6ccccc6)nn45)c3)nc3ccccc3c21. The second kappa shape index (κ2) is 9.93. The predicted octanol–water partition coefficient (Wildman–Crippen LogP) is 10.9. The van der Waals surface area contributed by atoms with Gasteiger partial charge >= 0.3 is 0 Å². The quantitative estimate of drug-likeness (QED) is 0.186. The van der Waals surface area contributed by atoms with Crippen molar-refractivity contribution in [3.63, 3.8) is 0 Å². The Kier molecular flexibility index (Phi) is 5.59. The van der Waals surface area contributed by atoms with Crippen LogP contribution in [0.25, 0.3) is 83.1 Å². The van der Waals surface area contributed by atoms with Gasteiger partial charge in [0.2, 0.25) is 0 Å². The first-order chi connectivity index (χ1) is 23.6. The van der Waals surface area contributed by atoms with Crippen LogP contribution in [0.15, 0.2) is 146 Å². The number of para-hydroxylation sites is 2. The lowest BCUT2D eigenvalue weighted by Crippen LogP contribution is -2.14. The van der Waals surface area contributed by atoms with Crippen LogP contribution < -0.4 is 0 Å². The molecule has 3 aromatic heterocycles. The van der Waals surface area contributed by atoms with Gasteiger partial charge in [-0.2, -0.15) is 5.10 Å². The zero-order valence-corrected chi connectivity index (χ0v) is 26.6. The standard InChI is InChI=1S/C44H30N4/c1-44(2)34-20-9-6-17-30(34)41-35(44)24-23-33-40(41)32-19-8-11-22-37(32)45-42(33)28-15-12-16-29(25-28)43-46-36-21-10-7-18-31(36)39-26-38(47-48(39)43)27-13-4-3-5-14-27/h3-26H,1-2H3. The van der Waals surface area contributed by atoms with Crippen molar-refractivity contribution in [1.82, 2.24) is 19.6 Å². The largest absolute Gasteiger partial charge is 0.247 e. The highest BCUT2D eigenvalue weighted by Gasteiger charge is 2.36. The first-order valence-corrected chi connectivity index (χ1v) is 16.5. The van der Waals surface area contributed by atoms with Gasteiger partial charge in [-0.1, -0.05) is 135 Å². The fourth-order valence-electron chi connectivity index (χ4n) is 7.88. The van der Waals surface area contributed by atoms with Crippen molar-refractivity contribution in [2.24, 2.45) is 0 Å². The van der Waals surface area contributed by atoms with Crippen molar-refractivity contribution < 1.29 is 0 Å². The van der Waals surface area contributed by atoms with Gasteiger partial charge in [0.15, 0.2) is 5.82 Å². The van der Waals surface area contributed by atoms with E-state index in [0.29, 0.717) is 0 Å². The molecule has 0 spiro atoms. The first-order valence-electron chi connectivity index (χ1n) is 16.5. The average molecular weight is 615 g/mol. The summed E-state index contributed by atoms with van der Waals surface area (Å²) in [5.74, 6) is 0.800. The van der Waals surface area contributed by atoms with E-state index >= 15 is 0 Å². The fourth-order valence-corrected chi connectivity index (χ4v) is 7.88. The smallest absolute Gasteiger partial charge is 0.161 e. The van der Waals surface area contributed by atoms with Crippen LogP contribution in [0.1, 0.15) is 25.0 Å². The third kappa shape index (κ3) is 3.80. The van der Waals surface area contributed by atoms with Crippen molar-refractivity contribution in [2.45, 2.75) is 19.3 Å². The predicted molar refractivity (Wildman–Crippen MR) is 197 cm³/mol. The molecular formula is C44H30N4. The number of nitrogens with zero attached hydrogens (tertiary/aromatic N) is 4. The van der Waals surface area contributed by atoms with Crippen molar-refractivity contribution in [3.05, 3.63) is 157 Å². The van der Waals surface area contributed by atoms with Gasteiger partial charge in [-0.05, 0) is 46.5 Å². The summed E-state index contributed by atoms with van der Waals surface area (Å²) in [6.07, 6.45) is 0. The molecule has 0 fully saturated rings. The van der Waals surface area contributed by atoms with Crippen LogP contribution in [0.5, 0.6) is 0 Å². The van der Waals surface area contributed by atoms with E-state index in [1.54, 1.807) is 0 Å². The number of benzene rings is 6. The van der Waals surface area contributed by atoms with Gasteiger partial charge in [-0.3, -0.25) is 0 Å². The van der Waals surface area contributed by atoms with E-state index in [2.05, 4.69) is 147 Å². The average Bonchev–Trinajstić information content (AvgIpc) is 3.69. The maximum Gasteiger partial charge on any atom is 0.161 e. The molecule has 0 atom stereocenters. The maximum atomic E-state index is 5.34. The highest BCUT2D eigenvalue weighted by atomic mass is 15.3. The van der Waals surface area contributed by atoms with Crippen molar-refractivity contribution >= 4 is 38.1 Å². The fraction of sp³-hybridized carbons (Fsp3) is 0.0682. The maximum absolute atomic E-state index is 5.34. The van der Waals surface area contributed by atoms with Gasteiger partial charge in [-0.15, -0.1) is 0 Å². The number of fused-ring (bicyclic) bond motifs is 10. The number of rotatable bonds is 3. The minimum absolute atomic E-state index is 0.0833. The number of hydrogen-bond donors (Lipinski definition) is 0. The second-order valence-corrected chi connectivity index (χ2v) is 13.3. The molecule has 226 valence electrons. The zero-order chi connectivity index (χ0) is 32.0. The molecule has 0 unspecified atom stereocenters. The Morgan fingerprint density at radius 1 is 0.521 bits per heavy atom. The summed E-state index contributed by atoms with van der Waals surface area (Å²) in [4.78, 5) is 10.5. The molecule has 1 aliphatic carbocycles. The van der Waals surface area contributed by atoms with Crippen molar-refractivity contribution in [1.29, 1.82) is 0 Å². The third-order valence-corrected chi connectivity index (χ3v) is 10.2. The molecule has 0 saturated carbocycles. The van der Waals surface area contributed by atoms with Gasteiger partial charge in [0.25, 0.3) is 0 Å². The second-order valence-electron chi connectivity index (χ2n) is 13.3. The normalized spacial score (nSPS) is 13.4. The van der Waals surface area contributed by atoms with Gasteiger partial charge < -0.3 is 0 Å². The first kappa shape index (κ1) is 27.0. The van der Waals surface area contributed by atoms with Crippen molar-refractivity contribution in [3.8, 4) is 45.0 Å². The number of aromatic nitrogens is 4. The van der Waals surface area contributed by atoms with E-state index in [1.807, 2.05) is 16.6 Å². The van der Waals surface area contributed by atoms with Gasteiger partial charge in [-0.25, -0.2) is 14.5 Å². The molecule has 0 amide bonds. The Hall–Kier alpha value is -6.13. The van der Waals surface area contributed by atoms with E-state index in [-0.39, 0.29) is 5.41 Å². The van der Waals surface area contributed by atoms with Crippen LogP contribution in [-0.4, -0.2) is 19.6 Å². The molecule has 0 aliphatic heterocycles. The monoisotopic (exact) mass is 614 g/mol. The molecule has 48 heavy (non-hydrogen) atoms. The Morgan fingerprint density at radius 2 is 1.21 bits per heavy atom. The molecule has 0 saturated heterocycles. The van der Waals surface area contributed by atoms with E-state index < -0.39 is 0 Å².